The molecule has 0 atom stereocenters. The van der Waals surface area contributed by atoms with Gasteiger partial charge in [-0.05, 0) is 30.2 Å². The van der Waals surface area contributed by atoms with Crippen molar-refractivity contribution in [2.45, 2.75) is 20.0 Å². The Bertz CT molecular complexity index is 653. The Balaban J connectivity index is 2.11. The van der Waals surface area contributed by atoms with Crippen LogP contribution in [-0.4, -0.2) is 11.1 Å². The molecule has 5 heteroatoms. The first-order chi connectivity index (χ1) is 9.63. The van der Waals surface area contributed by atoms with Crippen molar-refractivity contribution in [1.82, 2.24) is 0 Å². The van der Waals surface area contributed by atoms with Crippen molar-refractivity contribution in [1.29, 1.82) is 5.26 Å². The van der Waals surface area contributed by atoms with Crippen LogP contribution in [0, 0.1) is 11.3 Å². The molecule has 102 valence electrons. The second-order valence-electron chi connectivity index (χ2n) is 4.16. The topological polar surface area (TPSA) is 70.3 Å². The van der Waals surface area contributed by atoms with E-state index in [1.54, 1.807) is 30.3 Å². The van der Waals surface area contributed by atoms with E-state index in [9.17, 15) is 4.79 Å². The number of ether oxygens (including phenoxy) is 1. The maximum atomic E-state index is 11.1. The molecule has 0 fully saturated rings. The number of rotatable bonds is 5. The third kappa shape index (κ3) is 3.16. The highest BCUT2D eigenvalue weighted by atomic mass is 32.1. The molecule has 0 unspecified atom stereocenters. The van der Waals surface area contributed by atoms with Crippen LogP contribution >= 0.6 is 11.3 Å². The molecule has 0 spiro atoms. The van der Waals surface area contributed by atoms with Crippen molar-refractivity contribution in [3.05, 3.63) is 51.2 Å². The number of carbonyl (C=O) groups is 1. The average molecular weight is 287 g/mol. The van der Waals surface area contributed by atoms with Crippen molar-refractivity contribution in [2.75, 3.05) is 0 Å². The van der Waals surface area contributed by atoms with E-state index in [2.05, 4.69) is 0 Å². The van der Waals surface area contributed by atoms with Crippen molar-refractivity contribution in [2.24, 2.45) is 0 Å². The largest absolute Gasteiger partial charge is 0.487 e. The number of nitriles is 1. The zero-order valence-corrected chi connectivity index (χ0v) is 11.7. The molecule has 0 amide bonds. The van der Waals surface area contributed by atoms with E-state index < -0.39 is 5.97 Å². The fraction of sp³-hybridized carbons (Fsp3) is 0.200. The summed E-state index contributed by atoms with van der Waals surface area (Å²) in [6.07, 6.45) is 0.783. The normalized spacial score (nSPS) is 10.0. The number of hydrogen-bond acceptors (Lipinski definition) is 4. The summed E-state index contributed by atoms with van der Waals surface area (Å²) < 4.78 is 5.59. The number of carboxylic acid groups (broad SMARTS) is 1. The Morgan fingerprint density at radius 1 is 1.40 bits per heavy atom. The molecule has 1 aromatic heterocycles. The summed E-state index contributed by atoms with van der Waals surface area (Å²) in [7, 11) is 0. The number of thiophene rings is 1. The number of nitrogens with zero attached hydrogens (tertiary/aromatic N) is 1. The van der Waals surface area contributed by atoms with E-state index in [1.807, 2.05) is 13.0 Å². The van der Waals surface area contributed by atoms with Crippen LogP contribution in [0.1, 0.15) is 32.6 Å². The van der Waals surface area contributed by atoms with E-state index in [0.29, 0.717) is 11.3 Å². The third-order valence-electron chi connectivity index (χ3n) is 2.77. The summed E-state index contributed by atoms with van der Waals surface area (Å²) >= 11 is 1.24. The summed E-state index contributed by atoms with van der Waals surface area (Å²) in [6.45, 7) is 2.26. The zero-order chi connectivity index (χ0) is 14.5. The van der Waals surface area contributed by atoms with Crippen LogP contribution in [0.2, 0.25) is 0 Å². The molecule has 1 N–H and O–H groups in total. The molecule has 0 aliphatic rings. The van der Waals surface area contributed by atoms with Gasteiger partial charge in [0.25, 0.3) is 0 Å². The van der Waals surface area contributed by atoms with E-state index >= 15 is 0 Å². The fourth-order valence-electron chi connectivity index (χ4n) is 1.69. The number of aryl methyl sites for hydroxylation is 1. The van der Waals surface area contributed by atoms with E-state index in [0.717, 1.165) is 16.9 Å². The molecule has 2 rings (SSSR count). The second kappa shape index (κ2) is 6.22. The smallest absolute Gasteiger partial charge is 0.349 e. The Morgan fingerprint density at radius 3 is 2.65 bits per heavy atom. The van der Waals surface area contributed by atoms with E-state index in [-0.39, 0.29) is 11.5 Å². The predicted octanol–water partition coefficient (Wildman–Crippen LogP) is 3.46. The SMILES string of the molecule is CCc1cc(OCc2ccc(C#N)cc2)c(C(=O)O)s1. The van der Waals surface area contributed by atoms with E-state index in [1.165, 1.54) is 11.3 Å². The summed E-state index contributed by atoms with van der Waals surface area (Å²) in [5.74, 6) is -0.562. The van der Waals surface area contributed by atoms with Crippen LogP contribution in [0.15, 0.2) is 30.3 Å². The highest BCUT2D eigenvalue weighted by Gasteiger charge is 2.16. The number of carboxylic acids is 1. The molecule has 0 aliphatic heterocycles. The van der Waals surface area contributed by atoms with Crippen LogP contribution in [0.4, 0.5) is 0 Å². The Morgan fingerprint density at radius 2 is 2.10 bits per heavy atom. The Labute approximate surface area is 120 Å². The van der Waals surface area contributed by atoms with E-state index in [4.69, 9.17) is 15.1 Å². The second-order valence-corrected chi connectivity index (χ2v) is 5.30. The number of aromatic carboxylic acids is 1. The van der Waals surface area contributed by atoms with Crippen LogP contribution in [0.3, 0.4) is 0 Å². The van der Waals surface area contributed by atoms with Crippen LogP contribution in [0.25, 0.3) is 0 Å². The van der Waals surface area contributed by atoms with Crippen molar-refractivity contribution in [3.63, 3.8) is 0 Å². The minimum absolute atomic E-state index is 0.232. The van der Waals surface area contributed by atoms with Gasteiger partial charge in [0.15, 0.2) is 4.88 Å². The molecule has 1 aromatic carbocycles. The van der Waals surface area contributed by atoms with Crippen LogP contribution in [-0.2, 0) is 13.0 Å². The Hall–Kier alpha value is -2.32. The molecule has 0 aliphatic carbocycles. The lowest BCUT2D eigenvalue weighted by atomic mass is 10.2. The maximum Gasteiger partial charge on any atom is 0.349 e. The van der Waals surface area contributed by atoms with Gasteiger partial charge in [-0.15, -0.1) is 11.3 Å². The Kier molecular flexibility index (Phi) is 4.38. The quantitative estimate of drug-likeness (QED) is 0.914. The predicted molar refractivity (Wildman–Crippen MR) is 76.1 cm³/mol. The monoisotopic (exact) mass is 287 g/mol. The van der Waals surface area contributed by atoms with Crippen molar-refractivity contribution >= 4 is 17.3 Å². The minimum atomic E-state index is -0.968. The molecule has 2 aromatic rings. The number of benzene rings is 1. The first-order valence-electron chi connectivity index (χ1n) is 6.12. The van der Waals surface area contributed by atoms with Gasteiger partial charge in [-0.3, -0.25) is 0 Å². The van der Waals surface area contributed by atoms with Gasteiger partial charge in [0.2, 0.25) is 0 Å². The lowest BCUT2D eigenvalue weighted by molar-refractivity contribution is 0.0697. The molecule has 0 saturated heterocycles. The molecule has 20 heavy (non-hydrogen) atoms. The average Bonchev–Trinajstić information content (AvgIpc) is 2.89. The molecule has 0 radical (unpaired) electrons. The summed E-state index contributed by atoms with van der Waals surface area (Å²) in [4.78, 5) is 12.4. The van der Waals surface area contributed by atoms with Gasteiger partial charge in [-0.25, -0.2) is 4.79 Å². The number of hydrogen-bond donors (Lipinski definition) is 1. The standard InChI is InChI=1S/C15H13NO3S/c1-2-12-7-13(14(20-12)15(17)18)19-9-11-5-3-10(8-16)4-6-11/h3-7H,2,9H2,1H3,(H,17,18). The van der Waals surface area contributed by atoms with Gasteiger partial charge in [0, 0.05) is 4.88 Å². The van der Waals surface area contributed by atoms with Gasteiger partial charge in [-0.1, -0.05) is 19.1 Å². The summed E-state index contributed by atoms with van der Waals surface area (Å²) in [6, 6.07) is 10.8. The molecule has 4 nitrogen and oxygen atoms in total. The highest BCUT2D eigenvalue weighted by molar-refractivity contribution is 7.14. The maximum absolute atomic E-state index is 11.1. The molecule has 1 heterocycles. The fourth-order valence-corrected chi connectivity index (χ4v) is 2.57. The zero-order valence-electron chi connectivity index (χ0n) is 10.9. The van der Waals surface area contributed by atoms with Crippen molar-refractivity contribution < 1.29 is 14.6 Å². The van der Waals surface area contributed by atoms with Crippen LogP contribution in [0.5, 0.6) is 5.75 Å². The van der Waals surface area contributed by atoms with Gasteiger partial charge >= 0.3 is 5.97 Å². The highest BCUT2D eigenvalue weighted by Crippen LogP contribution is 2.30. The summed E-state index contributed by atoms with van der Waals surface area (Å²) in [5.41, 5.74) is 1.48. The molecular weight excluding hydrogens is 274 g/mol. The van der Waals surface area contributed by atoms with Gasteiger partial charge in [-0.2, -0.15) is 5.26 Å². The van der Waals surface area contributed by atoms with Gasteiger partial charge in [0.1, 0.15) is 12.4 Å². The first kappa shape index (κ1) is 14.1. The third-order valence-corrected chi connectivity index (χ3v) is 4.02. The van der Waals surface area contributed by atoms with Gasteiger partial charge < -0.3 is 9.84 Å². The molecular formula is C15H13NO3S. The first-order valence-corrected chi connectivity index (χ1v) is 6.93. The van der Waals surface area contributed by atoms with Crippen molar-refractivity contribution in [3.8, 4) is 11.8 Å². The molecule has 0 bridgehead atoms. The molecule has 0 saturated carbocycles. The lowest BCUT2D eigenvalue weighted by Crippen LogP contribution is -2.00. The minimum Gasteiger partial charge on any atom is -0.487 e. The van der Waals surface area contributed by atoms with Crippen LogP contribution < -0.4 is 4.74 Å². The summed E-state index contributed by atoms with van der Waals surface area (Å²) in [5, 5.41) is 17.9. The van der Waals surface area contributed by atoms with Gasteiger partial charge in [0.05, 0.1) is 11.6 Å². The lowest BCUT2D eigenvalue weighted by Gasteiger charge is -2.05.